The van der Waals surface area contributed by atoms with Crippen molar-refractivity contribution in [2.24, 2.45) is 0 Å². The Bertz CT molecular complexity index is 533. The molecule has 18 heavy (non-hydrogen) atoms. The van der Waals surface area contributed by atoms with Crippen molar-refractivity contribution < 1.29 is 0 Å². The summed E-state index contributed by atoms with van der Waals surface area (Å²) >= 11 is 6.14. The Morgan fingerprint density at radius 2 is 2.17 bits per heavy atom. The number of benzene rings is 1. The van der Waals surface area contributed by atoms with Crippen molar-refractivity contribution in [2.45, 2.75) is 45.6 Å². The lowest BCUT2D eigenvalue weighted by Crippen LogP contribution is -2.08. The van der Waals surface area contributed by atoms with E-state index in [1.54, 1.807) is 0 Å². The second kappa shape index (κ2) is 5.61. The zero-order valence-electron chi connectivity index (χ0n) is 11.0. The van der Waals surface area contributed by atoms with Gasteiger partial charge in [0.2, 0.25) is 5.95 Å². The number of fused-ring (bicyclic) bond motifs is 1. The van der Waals surface area contributed by atoms with Gasteiger partial charge in [-0.1, -0.05) is 43.9 Å². The van der Waals surface area contributed by atoms with E-state index in [1.165, 1.54) is 19.3 Å². The minimum absolute atomic E-state index is 0.361. The highest BCUT2D eigenvalue weighted by Gasteiger charge is 2.15. The zero-order valence-corrected chi connectivity index (χ0v) is 11.7. The number of hydrogen-bond acceptors (Lipinski definition) is 2. The summed E-state index contributed by atoms with van der Waals surface area (Å²) in [6.07, 6.45) is 4.84. The Morgan fingerprint density at radius 1 is 1.39 bits per heavy atom. The number of rotatable bonds is 5. The fourth-order valence-electron chi connectivity index (χ4n) is 2.38. The van der Waals surface area contributed by atoms with E-state index in [9.17, 15) is 0 Å². The van der Waals surface area contributed by atoms with Crippen LogP contribution in [0.4, 0.5) is 5.95 Å². The van der Waals surface area contributed by atoms with Crippen molar-refractivity contribution in [1.82, 2.24) is 9.55 Å². The zero-order chi connectivity index (χ0) is 13.1. The van der Waals surface area contributed by atoms with Crippen LogP contribution in [0.15, 0.2) is 18.2 Å². The van der Waals surface area contributed by atoms with E-state index in [4.69, 9.17) is 17.3 Å². The van der Waals surface area contributed by atoms with Crippen molar-refractivity contribution in [3.05, 3.63) is 23.2 Å². The van der Waals surface area contributed by atoms with Crippen molar-refractivity contribution >= 4 is 28.6 Å². The third-order valence-corrected chi connectivity index (χ3v) is 3.67. The Kier molecular flexibility index (Phi) is 4.12. The molecule has 0 aliphatic carbocycles. The third-order valence-electron chi connectivity index (χ3n) is 3.36. The van der Waals surface area contributed by atoms with Crippen LogP contribution >= 0.6 is 11.6 Å². The summed E-state index contributed by atoms with van der Waals surface area (Å²) < 4.78 is 2.09. The molecular weight excluding hydrogens is 246 g/mol. The first-order chi connectivity index (χ1) is 8.65. The molecule has 2 N–H and O–H groups in total. The average molecular weight is 266 g/mol. The number of aromatic nitrogens is 2. The number of halogens is 1. The minimum Gasteiger partial charge on any atom is -0.369 e. The number of nitrogens with zero attached hydrogens (tertiary/aromatic N) is 2. The number of imidazole rings is 1. The monoisotopic (exact) mass is 265 g/mol. The van der Waals surface area contributed by atoms with Crippen LogP contribution in [0.5, 0.6) is 0 Å². The van der Waals surface area contributed by atoms with Gasteiger partial charge in [-0.2, -0.15) is 0 Å². The molecule has 3 nitrogen and oxygen atoms in total. The van der Waals surface area contributed by atoms with Gasteiger partial charge in [0.05, 0.1) is 10.5 Å². The third kappa shape index (κ3) is 2.46. The molecule has 1 atom stereocenters. The molecule has 0 saturated carbocycles. The maximum absolute atomic E-state index is 6.14. The summed E-state index contributed by atoms with van der Waals surface area (Å²) in [5.41, 5.74) is 7.86. The largest absolute Gasteiger partial charge is 0.369 e. The summed E-state index contributed by atoms with van der Waals surface area (Å²) in [6, 6.07) is 6.18. The molecule has 0 spiro atoms. The van der Waals surface area contributed by atoms with E-state index < -0.39 is 0 Å². The van der Waals surface area contributed by atoms with Gasteiger partial charge in [0, 0.05) is 6.04 Å². The van der Waals surface area contributed by atoms with E-state index >= 15 is 0 Å². The summed E-state index contributed by atoms with van der Waals surface area (Å²) in [6.45, 7) is 4.40. The normalized spacial score (nSPS) is 13.1. The number of nitrogen functional groups attached to an aromatic ring is 1. The van der Waals surface area contributed by atoms with Crippen LogP contribution in [0.25, 0.3) is 11.0 Å². The van der Waals surface area contributed by atoms with Crippen LogP contribution < -0.4 is 5.73 Å². The molecule has 1 unspecified atom stereocenters. The van der Waals surface area contributed by atoms with Gasteiger partial charge < -0.3 is 10.3 Å². The van der Waals surface area contributed by atoms with Gasteiger partial charge >= 0.3 is 0 Å². The quantitative estimate of drug-likeness (QED) is 0.814. The number of hydrogen-bond donors (Lipinski definition) is 1. The SMILES string of the molecule is CCCCCC(C)n1c(N)nc2c(Cl)cccc21. The number of para-hydroxylation sites is 1. The van der Waals surface area contributed by atoms with Crippen molar-refractivity contribution in [2.75, 3.05) is 5.73 Å². The fourth-order valence-corrected chi connectivity index (χ4v) is 2.59. The molecule has 4 heteroatoms. The molecule has 1 aromatic heterocycles. The summed E-state index contributed by atoms with van der Waals surface area (Å²) in [4.78, 5) is 4.37. The first kappa shape index (κ1) is 13.2. The predicted molar refractivity (Wildman–Crippen MR) is 78.0 cm³/mol. The van der Waals surface area contributed by atoms with E-state index in [2.05, 4.69) is 23.4 Å². The number of anilines is 1. The molecule has 2 aromatic rings. The molecule has 1 aromatic carbocycles. The van der Waals surface area contributed by atoms with Crippen molar-refractivity contribution in [1.29, 1.82) is 0 Å². The molecule has 0 saturated heterocycles. The smallest absolute Gasteiger partial charge is 0.201 e. The van der Waals surface area contributed by atoms with Crippen molar-refractivity contribution in [3.8, 4) is 0 Å². The second-order valence-corrected chi connectivity index (χ2v) is 5.20. The standard InChI is InChI=1S/C14H20ClN3/c1-3-4-5-7-10(2)18-12-9-6-8-11(15)13(12)17-14(18)16/h6,8-10H,3-5,7H2,1-2H3,(H2,16,17). The van der Waals surface area contributed by atoms with Gasteiger partial charge in [-0.25, -0.2) is 4.98 Å². The molecule has 98 valence electrons. The maximum Gasteiger partial charge on any atom is 0.201 e. The first-order valence-electron chi connectivity index (χ1n) is 6.57. The maximum atomic E-state index is 6.14. The highest BCUT2D eigenvalue weighted by Crippen LogP contribution is 2.29. The van der Waals surface area contributed by atoms with Crippen LogP contribution in [0.3, 0.4) is 0 Å². The van der Waals surface area contributed by atoms with Crippen LogP contribution in [0.1, 0.15) is 45.6 Å². The van der Waals surface area contributed by atoms with Gasteiger partial charge in [0.25, 0.3) is 0 Å². The van der Waals surface area contributed by atoms with Gasteiger partial charge in [0.1, 0.15) is 5.52 Å². The molecular formula is C14H20ClN3. The molecule has 1 heterocycles. The predicted octanol–water partition coefficient (Wildman–Crippen LogP) is 4.41. The van der Waals surface area contributed by atoms with Crippen LogP contribution in [0, 0.1) is 0 Å². The minimum atomic E-state index is 0.361. The number of unbranched alkanes of at least 4 members (excludes halogenated alkanes) is 2. The van der Waals surface area contributed by atoms with Gasteiger partial charge in [0.15, 0.2) is 0 Å². The summed E-state index contributed by atoms with van der Waals surface area (Å²) in [5.74, 6) is 0.557. The molecule has 0 aliphatic rings. The fraction of sp³-hybridized carbons (Fsp3) is 0.500. The molecule has 0 aliphatic heterocycles. The van der Waals surface area contributed by atoms with E-state index in [1.807, 2.05) is 18.2 Å². The van der Waals surface area contributed by atoms with E-state index in [-0.39, 0.29) is 0 Å². The molecule has 2 rings (SSSR count). The van der Waals surface area contributed by atoms with Gasteiger partial charge in [-0.05, 0) is 25.5 Å². The lowest BCUT2D eigenvalue weighted by Gasteiger charge is -2.15. The lowest BCUT2D eigenvalue weighted by molar-refractivity contribution is 0.492. The Balaban J connectivity index is 2.32. The van der Waals surface area contributed by atoms with Gasteiger partial charge in [-0.15, -0.1) is 0 Å². The summed E-state index contributed by atoms with van der Waals surface area (Å²) in [5, 5.41) is 0.665. The highest BCUT2D eigenvalue weighted by molar-refractivity contribution is 6.35. The Hall–Kier alpha value is -1.22. The van der Waals surface area contributed by atoms with Gasteiger partial charge in [-0.3, -0.25) is 0 Å². The number of nitrogens with two attached hydrogens (primary N) is 1. The molecule has 0 amide bonds. The second-order valence-electron chi connectivity index (χ2n) is 4.79. The average Bonchev–Trinajstić information content (AvgIpc) is 2.67. The molecule has 0 radical (unpaired) electrons. The summed E-state index contributed by atoms with van der Waals surface area (Å²) in [7, 11) is 0. The molecule has 0 fully saturated rings. The Labute approximate surface area is 113 Å². The molecule has 0 bridgehead atoms. The van der Waals surface area contributed by atoms with Crippen LogP contribution in [-0.2, 0) is 0 Å². The van der Waals surface area contributed by atoms with Crippen molar-refractivity contribution in [3.63, 3.8) is 0 Å². The van der Waals surface area contributed by atoms with Crippen LogP contribution in [0.2, 0.25) is 5.02 Å². The van der Waals surface area contributed by atoms with E-state index in [0.717, 1.165) is 17.5 Å². The van der Waals surface area contributed by atoms with Crippen LogP contribution in [-0.4, -0.2) is 9.55 Å². The van der Waals surface area contributed by atoms with E-state index in [0.29, 0.717) is 17.0 Å². The Morgan fingerprint density at radius 3 is 2.89 bits per heavy atom. The highest BCUT2D eigenvalue weighted by atomic mass is 35.5. The topological polar surface area (TPSA) is 43.8 Å². The first-order valence-corrected chi connectivity index (χ1v) is 6.94. The lowest BCUT2D eigenvalue weighted by atomic mass is 10.1.